The van der Waals surface area contributed by atoms with Gasteiger partial charge in [0.2, 0.25) is 5.91 Å². The molecule has 7 heteroatoms. The van der Waals surface area contributed by atoms with E-state index in [1.54, 1.807) is 17.2 Å². The topological polar surface area (TPSA) is 69.0 Å². The first-order valence-electron chi connectivity index (χ1n) is 10.2. The highest BCUT2D eigenvalue weighted by molar-refractivity contribution is 5.83. The van der Waals surface area contributed by atoms with E-state index >= 15 is 0 Å². The van der Waals surface area contributed by atoms with Crippen LogP contribution in [0.25, 0.3) is 0 Å². The first-order valence-corrected chi connectivity index (χ1v) is 10.2. The molecule has 1 atom stereocenters. The third-order valence-corrected chi connectivity index (χ3v) is 5.76. The van der Waals surface area contributed by atoms with Gasteiger partial charge in [0.15, 0.2) is 0 Å². The van der Waals surface area contributed by atoms with E-state index in [1.807, 2.05) is 17.0 Å². The minimum Gasteiger partial charge on any atom is -0.467 e. The summed E-state index contributed by atoms with van der Waals surface area (Å²) in [6, 6.07) is 11.7. The highest BCUT2D eigenvalue weighted by Gasteiger charge is 2.37. The molecule has 2 saturated heterocycles. The molecule has 0 saturated carbocycles. The summed E-state index contributed by atoms with van der Waals surface area (Å²) in [7, 11) is 0. The number of furan rings is 1. The number of nitrogens with one attached hydrogen (secondary N) is 1. The van der Waals surface area contributed by atoms with Crippen LogP contribution in [0.15, 0.2) is 47.1 Å². The van der Waals surface area contributed by atoms with Crippen LogP contribution in [0.4, 0.5) is 4.79 Å². The predicted molar refractivity (Wildman–Crippen MR) is 109 cm³/mol. The fraction of sp³-hybridized carbons (Fsp3) is 0.455. The SMILES string of the molecule is Cc1cccc(CN2CCN3CCN(C(=O)NCc4ccco4)CC[C@H]3C2=O)c1. The summed E-state index contributed by atoms with van der Waals surface area (Å²) in [4.78, 5) is 31.6. The zero-order chi connectivity index (χ0) is 20.2. The molecule has 0 unspecified atom stereocenters. The van der Waals surface area contributed by atoms with Crippen LogP contribution in [0.1, 0.15) is 23.3 Å². The minimum atomic E-state index is -0.142. The quantitative estimate of drug-likeness (QED) is 0.860. The van der Waals surface area contributed by atoms with Crippen molar-refractivity contribution in [3.05, 3.63) is 59.5 Å². The average Bonchev–Trinajstić information content (AvgIpc) is 3.13. The van der Waals surface area contributed by atoms with Crippen LogP contribution in [0, 0.1) is 6.92 Å². The van der Waals surface area contributed by atoms with Gasteiger partial charge in [0.25, 0.3) is 0 Å². The summed E-state index contributed by atoms with van der Waals surface area (Å²) in [5.41, 5.74) is 2.37. The molecule has 0 radical (unpaired) electrons. The first-order chi connectivity index (χ1) is 14.1. The van der Waals surface area contributed by atoms with E-state index in [-0.39, 0.29) is 18.0 Å². The number of urea groups is 1. The largest absolute Gasteiger partial charge is 0.467 e. The Morgan fingerprint density at radius 3 is 2.79 bits per heavy atom. The van der Waals surface area contributed by atoms with Crippen molar-refractivity contribution in [1.29, 1.82) is 0 Å². The van der Waals surface area contributed by atoms with Gasteiger partial charge in [0.1, 0.15) is 5.76 Å². The third-order valence-electron chi connectivity index (χ3n) is 5.76. The average molecular weight is 396 g/mol. The molecular weight excluding hydrogens is 368 g/mol. The van der Waals surface area contributed by atoms with Gasteiger partial charge in [0, 0.05) is 39.3 Å². The summed E-state index contributed by atoms with van der Waals surface area (Å²) in [6.45, 7) is 6.61. The zero-order valence-corrected chi connectivity index (χ0v) is 16.8. The van der Waals surface area contributed by atoms with Crippen LogP contribution in [0.3, 0.4) is 0 Å². The Labute approximate surface area is 171 Å². The van der Waals surface area contributed by atoms with Gasteiger partial charge < -0.3 is 19.5 Å². The van der Waals surface area contributed by atoms with Crippen LogP contribution in [-0.2, 0) is 17.9 Å². The fourth-order valence-electron chi connectivity index (χ4n) is 4.17. The molecule has 154 valence electrons. The highest BCUT2D eigenvalue weighted by atomic mass is 16.3. The number of rotatable bonds is 4. The molecular formula is C22H28N4O3. The molecule has 2 aliphatic heterocycles. The number of benzene rings is 1. The van der Waals surface area contributed by atoms with Gasteiger partial charge in [-0.05, 0) is 31.0 Å². The number of piperazine rings is 1. The lowest BCUT2D eigenvalue weighted by Crippen LogP contribution is -2.56. The summed E-state index contributed by atoms with van der Waals surface area (Å²) < 4.78 is 5.26. The summed E-state index contributed by atoms with van der Waals surface area (Å²) in [5.74, 6) is 0.906. The standard InChI is InChI=1S/C22H28N4O3/c1-17-4-2-5-18(14-17)16-26-12-10-24-9-11-25(8-7-20(24)21(26)27)22(28)23-15-19-6-3-13-29-19/h2-6,13-14,20H,7-12,15-16H2,1H3,(H,23,28)/t20-/m0/s1. The molecule has 3 heterocycles. The van der Waals surface area contributed by atoms with E-state index in [0.29, 0.717) is 32.6 Å². The van der Waals surface area contributed by atoms with E-state index in [9.17, 15) is 9.59 Å². The van der Waals surface area contributed by atoms with Gasteiger partial charge in [-0.25, -0.2) is 4.79 Å². The second-order valence-corrected chi connectivity index (χ2v) is 7.81. The van der Waals surface area contributed by atoms with E-state index in [0.717, 1.165) is 25.4 Å². The first kappa shape index (κ1) is 19.5. The highest BCUT2D eigenvalue weighted by Crippen LogP contribution is 2.20. The van der Waals surface area contributed by atoms with Crippen LogP contribution in [0.5, 0.6) is 0 Å². The van der Waals surface area contributed by atoms with E-state index < -0.39 is 0 Å². The van der Waals surface area contributed by atoms with Gasteiger partial charge >= 0.3 is 6.03 Å². The fourth-order valence-corrected chi connectivity index (χ4v) is 4.17. The van der Waals surface area contributed by atoms with Gasteiger partial charge in [-0.15, -0.1) is 0 Å². The van der Waals surface area contributed by atoms with Gasteiger partial charge in [-0.1, -0.05) is 29.8 Å². The Morgan fingerprint density at radius 1 is 1.14 bits per heavy atom. The number of carbonyl (C=O) groups is 2. The number of amides is 3. The van der Waals surface area contributed by atoms with Crippen molar-refractivity contribution in [2.75, 3.05) is 32.7 Å². The Morgan fingerprint density at radius 2 is 2.00 bits per heavy atom. The molecule has 1 aromatic carbocycles. The van der Waals surface area contributed by atoms with Crippen LogP contribution in [0.2, 0.25) is 0 Å². The number of carbonyl (C=O) groups excluding carboxylic acids is 2. The lowest BCUT2D eigenvalue weighted by molar-refractivity contribution is -0.142. The van der Waals surface area contributed by atoms with E-state index in [4.69, 9.17) is 4.42 Å². The molecule has 0 bridgehead atoms. The van der Waals surface area contributed by atoms with Crippen LogP contribution >= 0.6 is 0 Å². The van der Waals surface area contributed by atoms with Crippen molar-refractivity contribution < 1.29 is 14.0 Å². The van der Waals surface area contributed by atoms with E-state index in [1.165, 1.54) is 11.1 Å². The molecule has 2 fully saturated rings. The molecule has 29 heavy (non-hydrogen) atoms. The Bertz CT molecular complexity index is 852. The van der Waals surface area contributed by atoms with Crippen molar-refractivity contribution in [2.45, 2.75) is 32.5 Å². The summed E-state index contributed by atoms with van der Waals surface area (Å²) in [5, 5.41) is 2.90. The normalized spacial score (nSPS) is 20.3. The van der Waals surface area contributed by atoms with Crippen molar-refractivity contribution in [3.63, 3.8) is 0 Å². The van der Waals surface area contributed by atoms with Gasteiger partial charge in [-0.2, -0.15) is 0 Å². The number of aryl methyl sites for hydroxylation is 1. The molecule has 0 aliphatic carbocycles. The van der Waals surface area contributed by atoms with Crippen molar-refractivity contribution in [2.24, 2.45) is 0 Å². The maximum atomic E-state index is 13.1. The monoisotopic (exact) mass is 396 g/mol. The molecule has 1 N–H and O–H groups in total. The van der Waals surface area contributed by atoms with Gasteiger partial charge in [-0.3, -0.25) is 9.69 Å². The summed E-state index contributed by atoms with van der Waals surface area (Å²) >= 11 is 0. The Kier molecular flexibility index (Phi) is 5.85. The number of fused-ring (bicyclic) bond motifs is 1. The maximum Gasteiger partial charge on any atom is 0.317 e. The number of hydrogen-bond acceptors (Lipinski definition) is 4. The van der Waals surface area contributed by atoms with Crippen LogP contribution < -0.4 is 5.32 Å². The molecule has 1 aromatic heterocycles. The molecule has 2 aliphatic rings. The van der Waals surface area contributed by atoms with Crippen molar-refractivity contribution in [3.8, 4) is 0 Å². The second-order valence-electron chi connectivity index (χ2n) is 7.81. The van der Waals surface area contributed by atoms with Crippen molar-refractivity contribution >= 4 is 11.9 Å². The summed E-state index contributed by atoms with van der Waals surface area (Å²) in [6.07, 6.45) is 2.26. The maximum absolute atomic E-state index is 13.1. The molecule has 2 aromatic rings. The Balaban J connectivity index is 1.34. The zero-order valence-electron chi connectivity index (χ0n) is 16.8. The molecule has 0 spiro atoms. The minimum absolute atomic E-state index is 0.106. The lowest BCUT2D eigenvalue weighted by Gasteiger charge is -2.39. The molecule has 4 rings (SSSR count). The second kappa shape index (κ2) is 8.69. The number of hydrogen-bond donors (Lipinski definition) is 1. The van der Waals surface area contributed by atoms with Gasteiger partial charge in [0.05, 0.1) is 18.8 Å². The van der Waals surface area contributed by atoms with E-state index in [2.05, 4.69) is 35.3 Å². The molecule has 7 nitrogen and oxygen atoms in total. The van der Waals surface area contributed by atoms with Crippen LogP contribution in [-0.4, -0.2) is 65.4 Å². The number of nitrogens with zero attached hydrogens (tertiary/aromatic N) is 3. The lowest BCUT2D eigenvalue weighted by atomic mass is 10.1. The smallest absolute Gasteiger partial charge is 0.317 e. The molecule has 3 amide bonds. The predicted octanol–water partition coefficient (Wildman–Crippen LogP) is 2.22. The van der Waals surface area contributed by atoms with Crippen molar-refractivity contribution in [1.82, 2.24) is 20.0 Å². The third kappa shape index (κ3) is 4.62. The Hall–Kier alpha value is -2.80.